The molecular formula is C13H16FNO2. The fourth-order valence-electron chi connectivity index (χ4n) is 2.02. The molecule has 1 heterocycles. The number of carbonyl (C=O) groups excluding carboxylic acids is 1. The SMILES string of the molecule is CN1CCC[C@H](OC(=O)c2ccc(F)cc2)C1. The zero-order valence-corrected chi connectivity index (χ0v) is 9.86. The molecule has 1 aliphatic heterocycles. The molecule has 1 fully saturated rings. The van der Waals surface area contributed by atoms with Crippen LogP contribution in [0, 0.1) is 5.82 Å². The minimum atomic E-state index is -0.370. The highest BCUT2D eigenvalue weighted by atomic mass is 19.1. The Morgan fingerprint density at radius 1 is 1.41 bits per heavy atom. The van der Waals surface area contributed by atoms with Crippen molar-refractivity contribution in [2.45, 2.75) is 18.9 Å². The number of carbonyl (C=O) groups is 1. The second-order valence-electron chi connectivity index (χ2n) is 4.44. The number of halogens is 1. The lowest BCUT2D eigenvalue weighted by molar-refractivity contribution is 0.0108. The number of ether oxygens (including phenoxy) is 1. The van der Waals surface area contributed by atoms with Crippen molar-refractivity contribution in [2.24, 2.45) is 0 Å². The van der Waals surface area contributed by atoms with Crippen molar-refractivity contribution in [3.63, 3.8) is 0 Å². The number of benzene rings is 1. The molecule has 0 spiro atoms. The predicted molar refractivity (Wildman–Crippen MR) is 62.3 cm³/mol. The van der Waals surface area contributed by atoms with Gasteiger partial charge in [-0.15, -0.1) is 0 Å². The number of likely N-dealkylation sites (N-methyl/N-ethyl adjacent to an activating group) is 1. The van der Waals surface area contributed by atoms with Gasteiger partial charge in [0.1, 0.15) is 11.9 Å². The Bertz CT molecular complexity index is 391. The highest BCUT2D eigenvalue weighted by Crippen LogP contribution is 2.14. The van der Waals surface area contributed by atoms with Crippen LogP contribution in [0.15, 0.2) is 24.3 Å². The van der Waals surface area contributed by atoms with Crippen LogP contribution in [0.5, 0.6) is 0 Å². The fourth-order valence-corrected chi connectivity index (χ4v) is 2.02. The van der Waals surface area contributed by atoms with Gasteiger partial charge in [0.15, 0.2) is 0 Å². The van der Waals surface area contributed by atoms with Crippen LogP contribution in [0.25, 0.3) is 0 Å². The average Bonchev–Trinajstić information content (AvgIpc) is 2.29. The molecule has 1 aromatic rings. The predicted octanol–water partition coefficient (Wildman–Crippen LogP) is 2.08. The number of likely N-dealkylation sites (tertiary alicyclic amines) is 1. The maximum absolute atomic E-state index is 12.7. The van der Waals surface area contributed by atoms with E-state index in [9.17, 15) is 9.18 Å². The number of hydrogen-bond donors (Lipinski definition) is 0. The minimum absolute atomic E-state index is 0.0497. The molecule has 17 heavy (non-hydrogen) atoms. The van der Waals surface area contributed by atoms with Gasteiger partial charge in [-0.3, -0.25) is 0 Å². The fraction of sp³-hybridized carbons (Fsp3) is 0.462. The first-order valence-corrected chi connectivity index (χ1v) is 5.80. The van der Waals surface area contributed by atoms with Gasteiger partial charge in [-0.25, -0.2) is 9.18 Å². The average molecular weight is 237 g/mol. The summed E-state index contributed by atoms with van der Waals surface area (Å²) in [5, 5.41) is 0. The van der Waals surface area contributed by atoms with Crippen LogP contribution in [0.1, 0.15) is 23.2 Å². The van der Waals surface area contributed by atoms with Crippen LogP contribution in [-0.2, 0) is 4.74 Å². The van der Waals surface area contributed by atoms with Gasteiger partial charge in [0.2, 0.25) is 0 Å². The molecule has 3 nitrogen and oxygen atoms in total. The van der Waals surface area contributed by atoms with Crippen LogP contribution >= 0.6 is 0 Å². The van der Waals surface area contributed by atoms with Crippen LogP contribution in [0.3, 0.4) is 0 Å². The molecule has 0 aromatic heterocycles. The van der Waals surface area contributed by atoms with Crippen molar-refractivity contribution in [2.75, 3.05) is 20.1 Å². The molecule has 0 aliphatic carbocycles. The van der Waals surface area contributed by atoms with Gasteiger partial charge in [0.25, 0.3) is 0 Å². The Labute approximate surface area is 100 Å². The molecule has 1 atom stereocenters. The van der Waals surface area contributed by atoms with E-state index in [0.29, 0.717) is 5.56 Å². The number of hydrogen-bond acceptors (Lipinski definition) is 3. The Balaban J connectivity index is 1.94. The van der Waals surface area contributed by atoms with Crippen molar-refractivity contribution in [1.82, 2.24) is 4.90 Å². The molecule has 4 heteroatoms. The van der Waals surface area contributed by atoms with Crippen LogP contribution in [0.4, 0.5) is 4.39 Å². The standard InChI is InChI=1S/C13H16FNO2/c1-15-8-2-3-12(9-15)17-13(16)10-4-6-11(14)7-5-10/h4-7,12H,2-3,8-9H2,1H3/t12-/m0/s1. The van der Waals surface area contributed by atoms with Gasteiger partial charge >= 0.3 is 5.97 Å². The number of piperidine rings is 1. The molecule has 0 radical (unpaired) electrons. The van der Waals surface area contributed by atoms with Gasteiger partial charge in [-0.2, -0.15) is 0 Å². The van der Waals surface area contributed by atoms with E-state index in [2.05, 4.69) is 4.90 Å². The van der Waals surface area contributed by atoms with Crippen molar-refractivity contribution in [1.29, 1.82) is 0 Å². The molecule has 0 saturated carbocycles. The van der Waals surface area contributed by atoms with E-state index in [1.807, 2.05) is 7.05 Å². The molecule has 92 valence electrons. The quantitative estimate of drug-likeness (QED) is 0.737. The summed E-state index contributed by atoms with van der Waals surface area (Å²) in [5.41, 5.74) is 0.402. The van der Waals surface area contributed by atoms with E-state index in [1.165, 1.54) is 24.3 Å². The third-order valence-electron chi connectivity index (χ3n) is 2.93. The summed E-state index contributed by atoms with van der Waals surface area (Å²) in [6.45, 7) is 1.82. The highest BCUT2D eigenvalue weighted by Gasteiger charge is 2.21. The van der Waals surface area contributed by atoms with Gasteiger partial charge in [-0.05, 0) is 50.7 Å². The first-order valence-electron chi connectivity index (χ1n) is 5.80. The lowest BCUT2D eigenvalue weighted by atomic mass is 10.1. The molecule has 0 amide bonds. The molecule has 0 N–H and O–H groups in total. The molecule has 0 bridgehead atoms. The van der Waals surface area contributed by atoms with Crippen molar-refractivity contribution < 1.29 is 13.9 Å². The van der Waals surface area contributed by atoms with Gasteiger partial charge in [0.05, 0.1) is 5.56 Å². The summed E-state index contributed by atoms with van der Waals surface area (Å²) in [4.78, 5) is 13.9. The maximum Gasteiger partial charge on any atom is 0.338 e. The van der Waals surface area contributed by atoms with E-state index < -0.39 is 0 Å². The lowest BCUT2D eigenvalue weighted by Crippen LogP contribution is -2.38. The third-order valence-corrected chi connectivity index (χ3v) is 2.93. The van der Waals surface area contributed by atoms with Crippen molar-refractivity contribution in [3.8, 4) is 0 Å². The first-order chi connectivity index (χ1) is 8.15. The van der Waals surface area contributed by atoms with E-state index in [-0.39, 0.29) is 17.9 Å². The van der Waals surface area contributed by atoms with Crippen LogP contribution < -0.4 is 0 Å². The van der Waals surface area contributed by atoms with Gasteiger partial charge in [0, 0.05) is 6.54 Å². The molecule has 1 aliphatic rings. The van der Waals surface area contributed by atoms with Gasteiger partial charge in [-0.1, -0.05) is 0 Å². The smallest absolute Gasteiger partial charge is 0.338 e. The normalized spacial score (nSPS) is 21.2. The van der Waals surface area contributed by atoms with E-state index in [1.54, 1.807) is 0 Å². The molecule has 1 aromatic carbocycles. The van der Waals surface area contributed by atoms with E-state index in [4.69, 9.17) is 4.74 Å². The maximum atomic E-state index is 12.7. The summed E-state index contributed by atoms with van der Waals surface area (Å²) >= 11 is 0. The zero-order valence-electron chi connectivity index (χ0n) is 9.86. The second-order valence-corrected chi connectivity index (χ2v) is 4.44. The number of esters is 1. The zero-order chi connectivity index (χ0) is 12.3. The molecular weight excluding hydrogens is 221 g/mol. The summed E-state index contributed by atoms with van der Waals surface area (Å²) < 4.78 is 18.1. The highest BCUT2D eigenvalue weighted by molar-refractivity contribution is 5.89. The Kier molecular flexibility index (Phi) is 3.74. The van der Waals surface area contributed by atoms with Crippen molar-refractivity contribution >= 4 is 5.97 Å². The first kappa shape index (κ1) is 12.0. The lowest BCUT2D eigenvalue weighted by Gasteiger charge is -2.29. The van der Waals surface area contributed by atoms with Crippen LogP contribution in [-0.4, -0.2) is 37.1 Å². The Morgan fingerprint density at radius 2 is 2.12 bits per heavy atom. The third kappa shape index (κ3) is 3.27. The molecule has 1 saturated heterocycles. The van der Waals surface area contributed by atoms with Crippen LogP contribution in [0.2, 0.25) is 0 Å². The topological polar surface area (TPSA) is 29.5 Å². The monoisotopic (exact) mass is 237 g/mol. The number of rotatable bonds is 2. The summed E-state index contributed by atoms with van der Waals surface area (Å²) in [6.07, 6.45) is 1.89. The largest absolute Gasteiger partial charge is 0.457 e. The molecule has 0 unspecified atom stereocenters. The van der Waals surface area contributed by atoms with E-state index >= 15 is 0 Å². The Hall–Kier alpha value is -1.42. The molecule has 2 rings (SSSR count). The minimum Gasteiger partial charge on any atom is -0.457 e. The Morgan fingerprint density at radius 3 is 2.76 bits per heavy atom. The summed E-state index contributed by atoms with van der Waals surface area (Å²) in [5.74, 6) is -0.718. The van der Waals surface area contributed by atoms with E-state index in [0.717, 1.165) is 25.9 Å². The summed E-state index contributed by atoms with van der Waals surface area (Å²) in [6, 6.07) is 5.43. The second kappa shape index (κ2) is 5.27. The number of nitrogens with zero attached hydrogens (tertiary/aromatic N) is 1. The summed E-state index contributed by atoms with van der Waals surface area (Å²) in [7, 11) is 2.01. The van der Waals surface area contributed by atoms with Gasteiger partial charge < -0.3 is 9.64 Å². The van der Waals surface area contributed by atoms with Crippen molar-refractivity contribution in [3.05, 3.63) is 35.6 Å².